The molecular formula is C14H18. The Hall–Kier alpha value is -0.780. The predicted octanol–water partition coefficient (Wildman–Crippen LogP) is 3.91. The third kappa shape index (κ3) is 1.28. The number of aryl methyl sites for hydroxylation is 1. The highest BCUT2D eigenvalue weighted by atomic mass is 14.4. The second-order valence-corrected chi connectivity index (χ2v) is 4.89. The molecule has 0 unspecified atom stereocenters. The zero-order valence-corrected chi connectivity index (χ0v) is 8.71. The monoisotopic (exact) mass is 186 g/mol. The molecule has 14 heavy (non-hydrogen) atoms. The molecule has 0 saturated heterocycles. The molecule has 2 aliphatic rings. The van der Waals surface area contributed by atoms with Gasteiger partial charge in [-0.3, -0.25) is 0 Å². The Balaban J connectivity index is 1.99. The van der Waals surface area contributed by atoms with Crippen molar-refractivity contribution in [2.75, 3.05) is 0 Å². The molecule has 1 aromatic rings. The Labute approximate surface area is 86.3 Å². The first-order valence-corrected chi connectivity index (χ1v) is 6.03. The van der Waals surface area contributed by atoms with E-state index in [-0.39, 0.29) is 0 Å². The van der Waals surface area contributed by atoms with E-state index in [9.17, 15) is 0 Å². The summed E-state index contributed by atoms with van der Waals surface area (Å²) in [7, 11) is 0. The maximum absolute atomic E-state index is 2.37. The van der Waals surface area contributed by atoms with Crippen molar-refractivity contribution in [1.29, 1.82) is 0 Å². The van der Waals surface area contributed by atoms with E-state index in [0.717, 1.165) is 11.8 Å². The summed E-state index contributed by atoms with van der Waals surface area (Å²) >= 11 is 0. The highest BCUT2D eigenvalue weighted by molar-refractivity contribution is 5.33. The quantitative estimate of drug-likeness (QED) is 0.576. The molecule has 0 aromatic heterocycles. The SMILES string of the molecule is c1ccc2c(c1)CC[C@H]1CCCC[C@H]21. The lowest BCUT2D eigenvalue weighted by Gasteiger charge is -2.37. The van der Waals surface area contributed by atoms with Crippen LogP contribution in [0.2, 0.25) is 0 Å². The molecule has 0 nitrogen and oxygen atoms in total. The summed E-state index contributed by atoms with van der Waals surface area (Å²) in [6, 6.07) is 9.12. The zero-order chi connectivity index (χ0) is 9.38. The number of rotatable bonds is 0. The molecule has 1 aromatic carbocycles. The molecule has 0 heteroatoms. The van der Waals surface area contributed by atoms with Gasteiger partial charge in [-0.25, -0.2) is 0 Å². The summed E-state index contributed by atoms with van der Waals surface area (Å²) < 4.78 is 0. The predicted molar refractivity (Wildman–Crippen MR) is 59.5 cm³/mol. The summed E-state index contributed by atoms with van der Waals surface area (Å²) in [5, 5.41) is 0. The van der Waals surface area contributed by atoms with E-state index in [4.69, 9.17) is 0 Å². The summed E-state index contributed by atoms with van der Waals surface area (Å²) in [5.74, 6) is 1.92. The average molecular weight is 186 g/mol. The first kappa shape index (κ1) is 8.52. The number of fused-ring (bicyclic) bond motifs is 3. The third-order valence-corrected chi connectivity index (χ3v) is 4.15. The van der Waals surface area contributed by atoms with Crippen molar-refractivity contribution in [3.63, 3.8) is 0 Å². The van der Waals surface area contributed by atoms with E-state index >= 15 is 0 Å². The van der Waals surface area contributed by atoms with E-state index in [0.29, 0.717) is 0 Å². The van der Waals surface area contributed by atoms with Crippen LogP contribution >= 0.6 is 0 Å². The first-order chi connectivity index (χ1) is 6.95. The van der Waals surface area contributed by atoms with Crippen LogP contribution in [-0.4, -0.2) is 0 Å². The Kier molecular flexibility index (Phi) is 2.08. The highest BCUT2D eigenvalue weighted by Gasteiger charge is 2.30. The van der Waals surface area contributed by atoms with Gasteiger partial charge in [-0.1, -0.05) is 37.1 Å². The lowest BCUT2D eigenvalue weighted by Crippen LogP contribution is -2.23. The summed E-state index contributed by atoms with van der Waals surface area (Å²) in [5.41, 5.74) is 3.32. The van der Waals surface area contributed by atoms with Gasteiger partial charge < -0.3 is 0 Å². The van der Waals surface area contributed by atoms with E-state index < -0.39 is 0 Å². The molecule has 0 aliphatic heterocycles. The van der Waals surface area contributed by atoms with Gasteiger partial charge in [-0.15, -0.1) is 0 Å². The molecule has 0 radical (unpaired) electrons. The molecule has 1 fully saturated rings. The zero-order valence-electron chi connectivity index (χ0n) is 8.71. The fraction of sp³-hybridized carbons (Fsp3) is 0.571. The van der Waals surface area contributed by atoms with Crippen molar-refractivity contribution in [2.45, 2.75) is 44.4 Å². The van der Waals surface area contributed by atoms with Crippen molar-refractivity contribution < 1.29 is 0 Å². The van der Waals surface area contributed by atoms with Gasteiger partial charge in [0.1, 0.15) is 0 Å². The summed E-state index contributed by atoms with van der Waals surface area (Å²) in [6.45, 7) is 0. The Morgan fingerprint density at radius 1 is 0.929 bits per heavy atom. The maximum Gasteiger partial charge on any atom is -0.0131 e. The van der Waals surface area contributed by atoms with Gasteiger partial charge in [0, 0.05) is 0 Å². The molecular weight excluding hydrogens is 168 g/mol. The molecule has 0 bridgehead atoms. The molecule has 2 aliphatic carbocycles. The van der Waals surface area contributed by atoms with Crippen LogP contribution in [0.4, 0.5) is 0 Å². The van der Waals surface area contributed by atoms with Gasteiger partial charge in [0.05, 0.1) is 0 Å². The van der Waals surface area contributed by atoms with Gasteiger partial charge in [0.25, 0.3) is 0 Å². The van der Waals surface area contributed by atoms with E-state index in [2.05, 4.69) is 24.3 Å². The van der Waals surface area contributed by atoms with Gasteiger partial charge in [-0.2, -0.15) is 0 Å². The van der Waals surface area contributed by atoms with Gasteiger partial charge >= 0.3 is 0 Å². The van der Waals surface area contributed by atoms with Gasteiger partial charge in [0.15, 0.2) is 0 Å². The van der Waals surface area contributed by atoms with Crippen LogP contribution in [-0.2, 0) is 6.42 Å². The number of benzene rings is 1. The molecule has 0 spiro atoms. The standard InChI is InChI=1S/C14H18/c1-3-7-13-11(5-1)9-10-12-6-2-4-8-14(12)13/h1,3,5,7,12,14H,2,4,6,8-10H2/t12-,14+/m1/s1. The van der Waals surface area contributed by atoms with Crippen LogP contribution in [0.15, 0.2) is 24.3 Å². The lowest BCUT2D eigenvalue weighted by molar-refractivity contribution is 0.275. The molecule has 2 atom stereocenters. The molecule has 1 saturated carbocycles. The van der Waals surface area contributed by atoms with Crippen LogP contribution in [0.5, 0.6) is 0 Å². The minimum Gasteiger partial charge on any atom is -0.0620 e. The minimum absolute atomic E-state index is 0.911. The Bertz CT molecular complexity index is 327. The normalized spacial score (nSPS) is 30.6. The maximum atomic E-state index is 2.37. The summed E-state index contributed by atoms with van der Waals surface area (Å²) in [4.78, 5) is 0. The minimum atomic E-state index is 0.911. The van der Waals surface area contributed by atoms with Crippen LogP contribution in [0, 0.1) is 5.92 Å². The average Bonchev–Trinajstić information content (AvgIpc) is 2.29. The van der Waals surface area contributed by atoms with E-state index in [1.807, 2.05) is 0 Å². The number of hydrogen-bond acceptors (Lipinski definition) is 0. The molecule has 0 heterocycles. The fourth-order valence-corrected chi connectivity index (χ4v) is 3.43. The second-order valence-electron chi connectivity index (χ2n) is 4.89. The van der Waals surface area contributed by atoms with E-state index in [1.54, 1.807) is 11.1 Å². The highest BCUT2D eigenvalue weighted by Crippen LogP contribution is 2.44. The number of hydrogen-bond donors (Lipinski definition) is 0. The van der Waals surface area contributed by atoms with Crippen molar-refractivity contribution in [3.8, 4) is 0 Å². The van der Waals surface area contributed by atoms with Crippen LogP contribution in [0.1, 0.15) is 49.1 Å². The van der Waals surface area contributed by atoms with Crippen molar-refractivity contribution in [1.82, 2.24) is 0 Å². The van der Waals surface area contributed by atoms with Gasteiger partial charge in [-0.05, 0) is 48.6 Å². The molecule has 0 N–H and O–H groups in total. The Morgan fingerprint density at radius 3 is 2.79 bits per heavy atom. The first-order valence-electron chi connectivity index (χ1n) is 6.03. The van der Waals surface area contributed by atoms with Crippen molar-refractivity contribution in [2.24, 2.45) is 5.92 Å². The summed E-state index contributed by atoms with van der Waals surface area (Å²) in [6.07, 6.45) is 8.64. The topological polar surface area (TPSA) is 0 Å². The molecule has 0 amide bonds. The molecule has 74 valence electrons. The third-order valence-electron chi connectivity index (χ3n) is 4.15. The largest absolute Gasteiger partial charge is 0.0620 e. The fourth-order valence-electron chi connectivity index (χ4n) is 3.43. The Morgan fingerprint density at radius 2 is 1.79 bits per heavy atom. The van der Waals surface area contributed by atoms with Gasteiger partial charge in [0.2, 0.25) is 0 Å². The smallest absolute Gasteiger partial charge is 0.0131 e. The lowest BCUT2D eigenvalue weighted by atomic mass is 9.68. The van der Waals surface area contributed by atoms with Crippen LogP contribution in [0.3, 0.4) is 0 Å². The van der Waals surface area contributed by atoms with Crippen LogP contribution in [0.25, 0.3) is 0 Å². The van der Waals surface area contributed by atoms with Crippen molar-refractivity contribution >= 4 is 0 Å². The van der Waals surface area contributed by atoms with Crippen LogP contribution < -0.4 is 0 Å². The van der Waals surface area contributed by atoms with E-state index in [1.165, 1.54) is 38.5 Å². The van der Waals surface area contributed by atoms with Crippen molar-refractivity contribution in [3.05, 3.63) is 35.4 Å². The second kappa shape index (κ2) is 3.42. The molecule has 3 rings (SSSR count).